The molecule has 1 atom stereocenters. The van der Waals surface area contributed by atoms with E-state index < -0.39 is 0 Å². The molecule has 0 aromatic carbocycles. The van der Waals surface area contributed by atoms with E-state index in [1.54, 1.807) is 10.6 Å². The second kappa shape index (κ2) is 5.47. The zero-order valence-electron chi connectivity index (χ0n) is 8.79. The molecule has 0 spiro atoms. The third kappa shape index (κ3) is 2.96. The standard InChI is InChI=1S/C11H13Br2NO2/c12-8-5-10(13)11(15)14(6-8)7-9-3-1-2-4-16-9/h5-6,9H,1-4,7H2. The third-order valence-corrected chi connectivity index (χ3v) is 3.69. The summed E-state index contributed by atoms with van der Waals surface area (Å²) < 4.78 is 8.80. The Kier molecular flexibility index (Phi) is 4.21. The molecule has 1 aliphatic rings. The van der Waals surface area contributed by atoms with Crippen molar-refractivity contribution in [1.29, 1.82) is 0 Å². The van der Waals surface area contributed by atoms with E-state index in [1.807, 2.05) is 6.20 Å². The predicted octanol–water partition coefficient (Wildman–Crippen LogP) is 2.94. The lowest BCUT2D eigenvalue weighted by Gasteiger charge is -2.23. The molecule has 0 aliphatic carbocycles. The van der Waals surface area contributed by atoms with Crippen LogP contribution in [0.15, 0.2) is 26.0 Å². The smallest absolute Gasteiger partial charge is 0.264 e. The van der Waals surface area contributed by atoms with E-state index in [0.29, 0.717) is 11.0 Å². The largest absolute Gasteiger partial charge is 0.376 e. The number of nitrogens with zero attached hydrogens (tertiary/aromatic N) is 1. The van der Waals surface area contributed by atoms with Crippen molar-refractivity contribution in [1.82, 2.24) is 4.57 Å². The van der Waals surface area contributed by atoms with Gasteiger partial charge in [0.05, 0.1) is 17.1 Å². The molecule has 5 heteroatoms. The van der Waals surface area contributed by atoms with Crippen molar-refractivity contribution in [2.75, 3.05) is 6.61 Å². The van der Waals surface area contributed by atoms with E-state index >= 15 is 0 Å². The van der Waals surface area contributed by atoms with Gasteiger partial charge < -0.3 is 9.30 Å². The van der Waals surface area contributed by atoms with E-state index in [0.717, 1.165) is 23.9 Å². The van der Waals surface area contributed by atoms with Crippen molar-refractivity contribution < 1.29 is 4.74 Å². The lowest BCUT2D eigenvalue weighted by atomic mass is 10.1. The summed E-state index contributed by atoms with van der Waals surface area (Å²) in [6, 6.07) is 1.76. The Balaban J connectivity index is 2.17. The Morgan fingerprint density at radius 1 is 1.44 bits per heavy atom. The van der Waals surface area contributed by atoms with Crippen LogP contribution in [0.4, 0.5) is 0 Å². The molecule has 1 aromatic rings. The van der Waals surface area contributed by atoms with Crippen LogP contribution in [0.3, 0.4) is 0 Å². The lowest BCUT2D eigenvalue weighted by Crippen LogP contribution is -2.30. The fourth-order valence-corrected chi connectivity index (χ4v) is 3.13. The molecule has 0 N–H and O–H groups in total. The molecule has 1 unspecified atom stereocenters. The molecular formula is C11H13Br2NO2. The van der Waals surface area contributed by atoms with Gasteiger partial charge in [-0.2, -0.15) is 0 Å². The van der Waals surface area contributed by atoms with Crippen LogP contribution in [-0.4, -0.2) is 17.3 Å². The maximum absolute atomic E-state index is 11.8. The van der Waals surface area contributed by atoms with Crippen LogP contribution in [-0.2, 0) is 11.3 Å². The minimum absolute atomic E-state index is 0.00243. The predicted molar refractivity (Wildman–Crippen MR) is 69.7 cm³/mol. The second-order valence-corrected chi connectivity index (χ2v) is 5.72. The molecule has 16 heavy (non-hydrogen) atoms. The van der Waals surface area contributed by atoms with E-state index in [9.17, 15) is 4.79 Å². The van der Waals surface area contributed by atoms with Crippen LogP contribution in [0.25, 0.3) is 0 Å². The van der Waals surface area contributed by atoms with Crippen molar-refractivity contribution in [2.45, 2.75) is 31.9 Å². The van der Waals surface area contributed by atoms with Gasteiger partial charge in [0.15, 0.2) is 0 Å². The summed E-state index contributed by atoms with van der Waals surface area (Å²) in [4.78, 5) is 11.8. The molecule has 1 saturated heterocycles. The van der Waals surface area contributed by atoms with Gasteiger partial charge in [-0.3, -0.25) is 4.79 Å². The Bertz CT molecular complexity index is 424. The van der Waals surface area contributed by atoms with Gasteiger partial charge in [0.1, 0.15) is 0 Å². The number of pyridine rings is 1. The summed E-state index contributed by atoms with van der Waals surface area (Å²) in [5.74, 6) is 0. The number of rotatable bonds is 2. The van der Waals surface area contributed by atoms with Gasteiger partial charge in [0.2, 0.25) is 0 Å². The highest BCUT2D eigenvalue weighted by atomic mass is 79.9. The summed E-state index contributed by atoms with van der Waals surface area (Å²) in [7, 11) is 0. The molecule has 0 amide bonds. The summed E-state index contributed by atoms with van der Waals surface area (Å²) in [6.07, 6.45) is 5.34. The summed E-state index contributed by atoms with van der Waals surface area (Å²) in [6.45, 7) is 1.45. The highest BCUT2D eigenvalue weighted by Gasteiger charge is 2.15. The number of hydrogen-bond acceptors (Lipinski definition) is 2. The monoisotopic (exact) mass is 349 g/mol. The van der Waals surface area contributed by atoms with Gasteiger partial charge in [-0.05, 0) is 57.2 Å². The van der Waals surface area contributed by atoms with Crippen molar-refractivity contribution in [2.24, 2.45) is 0 Å². The quantitative estimate of drug-likeness (QED) is 0.821. The van der Waals surface area contributed by atoms with Crippen molar-refractivity contribution in [3.63, 3.8) is 0 Å². The van der Waals surface area contributed by atoms with E-state index in [2.05, 4.69) is 31.9 Å². The molecule has 1 fully saturated rings. The van der Waals surface area contributed by atoms with Crippen LogP contribution >= 0.6 is 31.9 Å². The maximum atomic E-state index is 11.8. The molecule has 1 aromatic heterocycles. The van der Waals surface area contributed by atoms with E-state index in [4.69, 9.17) is 4.74 Å². The van der Waals surface area contributed by atoms with Gasteiger partial charge in [0.25, 0.3) is 5.56 Å². The van der Waals surface area contributed by atoms with E-state index in [-0.39, 0.29) is 11.7 Å². The lowest BCUT2D eigenvalue weighted by molar-refractivity contribution is 0.00537. The van der Waals surface area contributed by atoms with Gasteiger partial charge in [-0.25, -0.2) is 0 Å². The fourth-order valence-electron chi connectivity index (χ4n) is 1.87. The number of aromatic nitrogens is 1. The minimum atomic E-state index is -0.00243. The Hall–Kier alpha value is -0.130. The first-order chi connectivity index (χ1) is 7.66. The molecule has 0 bridgehead atoms. The Labute approximate surface area is 111 Å². The number of halogens is 2. The molecule has 2 heterocycles. The normalized spacial score (nSPS) is 21.0. The molecule has 3 nitrogen and oxygen atoms in total. The maximum Gasteiger partial charge on any atom is 0.264 e. The van der Waals surface area contributed by atoms with Crippen LogP contribution in [0.5, 0.6) is 0 Å². The fraction of sp³-hybridized carbons (Fsp3) is 0.545. The van der Waals surface area contributed by atoms with Crippen LogP contribution < -0.4 is 5.56 Å². The van der Waals surface area contributed by atoms with Crippen LogP contribution in [0.1, 0.15) is 19.3 Å². The summed E-state index contributed by atoms with van der Waals surface area (Å²) in [5, 5.41) is 0. The van der Waals surface area contributed by atoms with Crippen LogP contribution in [0.2, 0.25) is 0 Å². The van der Waals surface area contributed by atoms with Gasteiger partial charge in [0, 0.05) is 17.3 Å². The topological polar surface area (TPSA) is 31.2 Å². The first-order valence-electron chi connectivity index (χ1n) is 5.34. The first-order valence-corrected chi connectivity index (χ1v) is 6.92. The highest BCUT2D eigenvalue weighted by molar-refractivity contribution is 9.11. The Morgan fingerprint density at radius 3 is 2.94 bits per heavy atom. The average molecular weight is 351 g/mol. The van der Waals surface area contributed by atoms with Gasteiger partial charge in [-0.15, -0.1) is 0 Å². The summed E-state index contributed by atoms with van der Waals surface area (Å²) in [5.41, 5.74) is -0.00243. The zero-order chi connectivity index (χ0) is 11.5. The second-order valence-electron chi connectivity index (χ2n) is 3.95. The SMILES string of the molecule is O=c1c(Br)cc(Br)cn1CC1CCCCO1. The molecule has 1 aliphatic heterocycles. The highest BCUT2D eigenvalue weighted by Crippen LogP contribution is 2.16. The van der Waals surface area contributed by atoms with E-state index in [1.165, 1.54) is 6.42 Å². The molecule has 88 valence electrons. The molecule has 2 rings (SSSR count). The summed E-state index contributed by atoms with van der Waals surface area (Å²) >= 11 is 6.64. The first kappa shape index (κ1) is 12.3. The van der Waals surface area contributed by atoms with Gasteiger partial charge in [-0.1, -0.05) is 0 Å². The Morgan fingerprint density at radius 2 is 2.25 bits per heavy atom. The van der Waals surface area contributed by atoms with Crippen LogP contribution in [0, 0.1) is 0 Å². The van der Waals surface area contributed by atoms with Crippen molar-refractivity contribution >= 4 is 31.9 Å². The number of ether oxygens (including phenoxy) is 1. The molecule has 0 radical (unpaired) electrons. The third-order valence-electron chi connectivity index (χ3n) is 2.68. The zero-order valence-corrected chi connectivity index (χ0v) is 12.0. The average Bonchev–Trinajstić information content (AvgIpc) is 2.27. The number of hydrogen-bond donors (Lipinski definition) is 0. The minimum Gasteiger partial charge on any atom is -0.376 e. The van der Waals surface area contributed by atoms with Crippen molar-refractivity contribution in [3.05, 3.63) is 31.6 Å². The van der Waals surface area contributed by atoms with Gasteiger partial charge >= 0.3 is 0 Å². The van der Waals surface area contributed by atoms with Crippen molar-refractivity contribution in [3.8, 4) is 0 Å². The molecule has 0 saturated carbocycles. The molecular weight excluding hydrogens is 338 g/mol.